The Bertz CT molecular complexity index is 1400. The largest absolute Gasteiger partial charge is 0.378 e. The van der Waals surface area contributed by atoms with Gasteiger partial charge in [-0.2, -0.15) is 0 Å². The molecule has 3 aliphatic rings. The van der Waals surface area contributed by atoms with Gasteiger partial charge in [0.1, 0.15) is 5.00 Å². The lowest BCUT2D eigenvalue weighted by molar-refractivity contribution is 0.0714. The van der Waals surface area contributed by atoms with E-state index in [0.29, 0.717) is 31.9 Å². The number of hydrogen-bond donors (Lipinski definition) is 2. The zero-order valence-electron chi connectivity index (χ0n) is 22.5. The van der Waals surface area contributed by atoms with Crippen LogP contribution in [-0.4, -0.2) is 72.7 Å². The molecule has 1 aromatic carbocycles. The van der Waals surface area contributed by atoms with Crippen molar-refractivity contribution in [1.82, 2.24) is 15.2 Å². The first-order chi connectivity index (χ1) is 18.8. The van der Waals surface area contributed by atoms with Gasteiger partial charge in [-0.1, -0.05) is 12.1 Å². The van der Waals surface area contributed by atoms with Gasteiger partial charge in [-0.15, -0.1) is 11.3 Å². The number of piperidine rings is 1. The summed E-state index contributed by atoms with van der Waals surface area (Å²) in [5.74, 6) is 0.0285. The maximum Gasteiger partial charge on any atom is 0.262 e. The molecule has 2 saturated heterocycles. The van der Waals surface area contributed by atoms with Gasteiger partial charge in [0.05, 0.1) is 23.8 Å². The fourth-order valence-corrected chi connectivity index (χ4v) is 7.07. The van der Waals surface area contributed by atoms with E-state index in [9.17, 15) is 9.59 Å². The maximum atomic E-state index is 13.2. The van der Waals surface area contributed by atoms with E-state index in [1.54, 1.807) is 11.3 Å². The van der Waals surface area contributed by atoms with E-state index in [1.165, 1.54) is 0 Å². The molecule has 0 bridgehead atoms. The monoisotopic (exact) mass is 545 g/mol. The number of pyridine rings is 1. The number of nitrogens with two attached hydrogens (primary N) is 1. The maximum absolute atomic E-state index is 13.2. The Morgan fingerprint density at radius 3 is 2.64 bits per heavy atom. The number of fused-ring (bicyclic) bond motifs is 1. The van der Waals surface area contributed by atoms with Crippen molar-refractivity contribution >= 4 is 28.2 Å². The van der Waals surface area contributed by atoms with Crippen LogP contribution in [0.25, 0.3) is 22.4 Å². The van der Waals surface area contributed by atoms with Gasteiger partial charge >= 0.3 is 0 Å². The molecule has 8 nitrogen and oxygen atoms in total. The number of benzene rings is 1. The highest BCUT2D eigenvalue weighted by Gasteiger charge is 2.36. The summed E-state index contributed by atoms with van der Waals surface area (Å²) in [7, 11) is 0. The number of rotatable bonds is 4. The number of hydrogen-bond acceptors (Lipinski definition) is 7. The summed E-state index contributed by atoms with van der Waals surface area (Å²) in [5, 5.41) is 4.27. The van der Waals surface area contributed by atoms with Gasteiger partial charge in [0.15, 0.2) is 0 Å². The molecule has 0 unspecified atom stereocenters. The highest BCUT2D eigenvalue weighted by molar-refractivity contribution is 7.19. The topological polar surface area (TPSA) is 101 Å². The number of carbonyl (C=O) groups excluding carboxylic acids is 2. The minimum atomic E-state index is -0.328. The Labute approximate surface area is 233 Å². The van der Waals surface area contributed by atoms with Gasteiger partial charge in [-0.25, -0.2) is 0 Å². The van der Waals surface area contributed by atoms with Crippen LogP contribution in [0, 0.1) is 0 Å². The van der Waals surface area contributed by atoms with Crippen molar-refractivity contribution in [3.8, 4) is 22.4 Å². The van der Waals surface area contributed by atoms with E-state index in [-0.39, 0.29) is 23.4 Å². The first-order valence-electron chi connectivity index (χ1n) is 13.7. The van der Waals surface area contributed by atoms with Crippen LogP contribution in [0.5, 0.6) is 0 Å². The number of morpholine rings is 1. The third-order valence-corrected chi connectivity index (χ3v) is 9.14. The number of nitrogens with one attached hydrogen (secondary N) is 1. The average molecular weight is 546 g/mol. The van der Waals surface area contributed by atoms with Crippen LogP contribution in [0.3, 0.4) is 0 Å². The van der Waals surface area contributed by atoms with Crippen LogP contribution >= 0.6 is 11.3 Å². The van der Waals surface area contributed by atoms with Gasteiger partial charge in [-0.3, -0.25) is 14.6 Å². The van der Waals surface area contributed by atoms with Crippen LogP contribution in [-0.2, 0) is 11.2 Å². The van der Waals surface area contributed by atoms with Gasteiger partial charge in [0, 0.05) is 60.6 Å². The molecule has 3 aliphatic heterocycles. The lowest BCUT2D eigenvalue weighted by Crippen LogP contribution is -2.48. The van der Waals surface area contributed by atoms with E-state index in [0.717, 1.165) is 70.2 Å². The molecule has 2 aromatic heterocycles. The number of anilines is 1. The minimum absolute atomic E-state index is 0.00817. The summed E-state index contributed by atoms with van der Waals surface area (Å²) in [6, 6.07) is 12.0. The Kier molecular flexibility index (Phi) is 6.91. The molecule has 5 heterocycles. The smallest absolute Gasteiger partial charge is 0.262 e. The van der Waals surface area contributed by atoms with Crippen LogP contribution in [0.1, 0.15) is 52.3 Å². The third kappa shape index (κ3) is 5.18. The van der Waals surface area contributed by atoms with Gasteiger partial charge in [0.2, 0.25) is 0 Å². The van der Waals surface area contributed by atoms with Gasteiger partial charge in [0.25, 0.3) is 11.8 Å². The second kappa shape index (κ2) is 10.4. The van der Waals surface area contributed by atoms with Crippen molar-refractivity contribution in [2.45, 2.75) is 44.7 Å². The summed E-state index contributed by atoms with van der Waals surface area (Å²) in [5.41, 5.74) is 11.3. The lowest BCUT2D eigenvalue weighted by Gasteiger charge is -2.31. The van der Waals surface area contributed by atoms with E-state index in [2.05, 4.69) is 35.1 Å². The molecule has 0 aliphatic carbocycles. The molecule has 204 valence electrons. The number of carbonyl (C=O) groups is 2. The van der Waals surface area contributed by atoms with Crippen molar-refractivity contribution in [2.24, 2.45) is 5.73 Å². The highest BCUT2D eigenvalue weighted by Crippen LogP contribution is 2.46. The Morgan fingerprint density at radius 1 is 1.10 bits per heavy atom. The van der Waals surface area contributed by atoms with Crippen molar-refractivity contribution < 1.29 is 14.3 Å². The molecule has 2 amide bonds. The van der Waals surface area contributed by atoms with E-state index >= 15 is 0 Å². The lowest BCUT2D eigenvalue weighted by atomic mass is 9.87. The van der Waals surface area contributed by atoms with Crippen LogP contribution in [0.15, 0.2) is 42.6 Å². The van der Waals surface area contributed by atoms with Crippen LogP contribution in [0.2, 0.25) is 0 Å². The molecule has 3 aromatic rings. The molecular weight excluding hydrogens is 510 g/mol. The van der Waals surface area contributed by atoms with E-state index in [1.807, 2.05) is 41.4 Å². The van der Waals surface area contributed by atoms with Gasteiger partial charge < -0.3 is 25.6 Å². The molecule has 0 saturated carbocycles. The zero-order valence-corrected chi connectivity index (χ0v) is 23.4. The molecule has 0 atom stereocenters. The molecule has 6 rings (SSSR count). The summed E-state index contributed by atoms with van der Waals surface area (Å²) in [6.45, 7) is 8.45. The van der Waals surface area contributed by atoms with Crippen molar-refractivity contribution in [2.75, 3.05) is 44.3 Å². The molecule has 0 spiro atoms. The van der Waals surface area contributed by atoms with Crippen LogP contribution < -0.4 is 16.0 Å². The standard InChI is InChI=1S/C30H35N5O3S/c1-30(2)18-23-25(29(35-12-14-38-15-13-35)39-26(23)27(36)33-30)20-6-9-32-24(17-20)19-4-3-5-21(16-19)28(37)34-10-7-22(31)8-11-34/h3-6,9,16-17,22H,7-8,10-15,18,31H2,1-2H3,(H,33,36). The molecule has 2 fully saturated rings. The quantitative estimate of drug-likeness (QED) is 0.515. The SMILES string of the molecule is CC1(C)Cc2c(sc(N3CCOCC3)c2-c2ccnc(-c3cccc(C(=O)N4CCC(N)CC4)c3)c2)C(=O)N1. The Balaban J connectivity index is 1.38. The molecular formula is C30H35N5O3S. The van der Waals surface area contributed by atoms with E-state index in [4.69, 9.17) is 10.5 Å². The number of amides is 2. The molecule has 3 N–H and O–H groups in total. The fourth-order valence-electron chi connectivity index (χ4n) is 5.78. The first kappa shape index (κ1) is 26.0. The number of likely N-dealkylation sites (tertiary alicyclic amines) is 1. The number of thiophene rings is 1. The fraction of sp³-hybridized carbons (Fsp3) is 0.433. The molecule has 0 radical (unpaired) electrons. The molecule has 9 heteroatoms. The third-order valence-electron chi connectivity index (χ3n) is 7.84. The van der Waals surface area contributed by atoms with E-state index < -0.39 is 0 Å². The second-order valence-electron chi connectivity index (χ2n) is 11.3. The summed E-state index contributed by atoms with van der Waals surface area (Å²) in [4.78, 5) is 36.1. The summed E-state index contributed by atoms with van der Waals surface area (Å²) >= 11 is 1.57. The first-order valence-corrected chi connectivity index (χ1v) is 14.5. The second-order valence-corrected chi connectivity index (χ2v) is 12.3. The Hall–Kier alpha value is -3.27. The highest BCUT2D eigenvalue weighted by atomic mass is 32.1. The number of aromatic nitrogens is 1. The van der Waals surface area contributed by atoms with Crippen molar-refractivity contribution in [3.05, 3.63) is 58.6 Å². The van der Waals surface area contributed by atoms with Crippen molar-refractivity contribution in [1.29, 1.82) is 0 Å². The minimum Gasteiger partial charge on any atom is -0.378 e. The van der Waals surface area contributed by atoms with Gasteiger partial charge in [-0.05, 0) is 68.5 Å². The normalized spacial score (nSPS) is 19.5. The molecule has 39 heavy (non-hydrogen) atoms. The summed E-state index contributed by atoms with van der Waals surface area (Å²) < 4.78 is 5.62. The van der Waals surface area contributed by atoms with Crippen molar-refractivity contribution in [3.63, 3.8) is 0 Å². The number of nitrogens with zero attached hydrogens (tertiary/aromatic N) is 3. The summed E-state index contributed by atoms with van der Waals surface area (Å²) in [6.07, 6.45) is 4.25. The predicted octanol–water partition coefficient (Wildman–Crippen LogP) is 3.94. The average Bonchev–Trinajstić information content (AvgIpc) is 3.32. The number of ether oxygens (including phenoxy) is 1. The predicted molar refractivity (Wildman–Crippen MR) is 154 cm³/mol. The Morgan fingerprint density at radius 2 is 1.87 bits per heavy atom. The van der Waals surface area contributed by atoms with Crippen LogP contribution in [0.4, 0.5) is 5.00 Å². The zero-order chi connectivity index (χ0) is 27.1.